The molecule has 0 radical (unpaired) electrons. The minimum atomic E-state index is -4.91. The van der Waals surface area contributed by atoms with Gasteiger partial charge in [-0.25, -0.2) is 9.69 Å². The number of carbonyl (C=O) groups is 5. The predicted molar refractivity (Wildman–Crippen MR) is 136 cm³/mol. The SMILES string of the molecule is Cc1cc(C(=O)O)cc(N2C(=O)c3ccc(C(C)(c4ccc5c(c4)C(=O)N(C)C5=O)C(F)(F)F)cc3C2=O)c1C. The van der Waals surface area contributed by atoms with Crippen molar-refractivity contribution in [1.82, 2.24) is 4.90 Å². The van der Waals surface area contributed by atoms with Crippen LogP contribution < -0.4 is 4.90 Å². The van der Waals surface area contributed by atoms with Crippen LogP contribution in [-0.2, 0) is 5.41 Å². The Hall–Kier alpha value is -4.80. The molecule has 5 rings (SSSR count). The first-order valence-corrected chi connectivity index (χ1v) is 12.0. The number of halogens is 3. The highest BCUT2D eigenvalue weighted by atomic mass is 19.4. The van der Waals surface area contributed by atoms with Crippen LogP contribution in [0.3, 0.4) is 0 Å². The summed E-state index contributed by atoms with van der Waals surface area (Å²) in [6, 6.07) is 9.11. The highest BCUT2D eigenvalue weighted by Gasteiger charge is 2.55. The number of alkyl halides is 3. The summed E-state index contributed by atoms with van der Waals surface area (Å²) in [4.78, 5) is 64.7. The van der Waals surface area contributed by atoms with Crippen LogP contribution in [0.25, 0.3) is 0 Å². The maximum Gasteiger partial charge on any atom is 0.402 e. The summed E-state index contributed by atoms with van der Waals surface area (Å²) in [5, 5.41) is 9.45. The molecule has 0 spiro atoms. The highest BCUT2D eigenvalue weighted by molar-refractivity contribution is 6.35. The number of benzene rings is 3. The predicted octanol–water partition coefficient (Wildman–Crippen LogP) is 4.90. The quantitative estimate of drug-likeness (QED) is 0.463. The van der Waals surface area contributed by atoms with E-state index >= 15 is 0 Å². The van der Waals surface area contributed by atoms with Gasteiger partial charge < -0.3 is 5.11 Å². The van der Waals surface area contributed by atoms with Crippen molar-refractivity contribution in [2.75, 3.05) is 11.9 Å². The summed E-state index contributed by atoms with van der Waals surface area (Å²) in [6.45, 7) is 4.11. The van der Waals surface area contributed by atoms with Gasteiger partial charge in [-0.2, -0.15) is 13.2 Å². The van der Waals surface area contributed by atoms with E-state index in [0.717, 1.165) is 47.1 Å². The molecule has 204 valence electrons. The normalized spacial score (nSPS) is 16.4. The van der Waals surface area contributed by atoms with Gasteiger partial charge in [-0.3, -0.25) is 24.1 Å². The zero-order chi connectivity index (χ0) is 29.5. The van der Waals surface area contributed by atoms with E-state index in [9.17, 15) is 42.3 Å². The molecule has 0 saturated carbocycles. The second-order valence-electron chi connectivity index (χ2n) is 10.0. The molecule has 1 N–H and O–H groups in total. The van der Waals surface area contributed by atoms with E-state index < -0.39 is 41.2 Å². The highest BCUT2D eigenvalue weighted by Crippen LogP contribution is 2.48. The van der Waals surface area contributed by atoms with E-state index in [1.807, 2.05) is 0 Å². The van der Waals surface area contributed by atoms with Crippen molar-refractivity contribution in [3.05, 3.63) is 98.6 Å². The molecule has 11 heteroatoms. The van der Waals surface area contributed by atoms with Crippen molar-refractivity contribution >= 4 is 35.3 Å². The molecule has 4 amide bonds. The summed E-state index contributed by atoms with van der Waals surface area (Å²) in [5.74, 6) is -4.32. The average molecular weight is 550 g/mol. The average Bonchev–Trinajstić information content (AvgIpc) is 3.28. The van der Waals surface area contributed by atoms with Gasteiger partial charge in [0, 0.05) is 7.05 Å². The molecule has 3 aromatic rings. The molecule has 0 fully saturated rings. The Labute approximate surface area is 225 Å². The fourth-order valence-electron chi connectivity index (χ4n) is 5.13. The summed E-state index contributed by atoms with van der Waals surface area (Å²) in [7, 11) is 1.23. The third-order valence-electron chi connectivity index (χ3n) is 7.83. The number of anilines is 1. The maximum atomic E-state index is 14.8. The lowest BCUT2D eigenvalue weighted by Crippen LogP contribution is -2.41. The number of nitrogens with zero attached hydrogens (tertiary/aromatic N) is 2. The van der Waals surface area contributed by atoms with Crippen LogP contribution in [-0.4, -0.2) is 52.8 Å². The summed E-state index contributed by atoms with van der Waals surface area (Å²) < 4.78 is 44.3. The van der Waals surface area contributed by atoms with Gasteiger partial charge in [0.05, 0.1) is 33.5 Å². The molecule has 0 aliphatic carbocycles. The first-order chi connectivity index (χ1) is 18.6. The second-order valence-corrected chi connectivity index (χ2v) is 10.0. The molecule has 40 heavy (non-hydrogen) atoms. The maximum absolute atomic E-state index is 14.8. The monoisotopic (exact) mass is 550 g/mol. The molecule has 3 aromatic carbocycles. The lowest BCUT2D eigenvalue weighted by Gasteiger charge is -2.33. The van der Waals surface area contributed by atoms with Crippen LogP contribution in [0.2, 0.25) is 0 Å². The molecular weight excluding hydrogens is 529 g/mol. The molecule has 1 atom stereocenters. The number of aromatic carboxylic acids is 1. The number of rotatable bonds is 4. The molecule has 2 heterocycles. The molecule has 0 aromatic heterocycles. The van der Waals surface area contributed by atoms with Crippen molar-refractivity contribution in [2.45, 2.75) is 32.4 Å². The first-order valence-electron chi connectivity index (χ1n) is 12.0. The number of imide groups is 2. The van der Waals surface area contributed by atoms with Gasteiger partial charge in [-0.05, 0) is 79.4 Å². The van der Waals surface area contributed by atoms with E-state index in [2.05, 4.69) is 0 Å². The van der Waals surface area contributed by atoms with Gasteiger partial charge >= 0.3 is 12.1 Å². The van der Waals surface area contributed by atoms with Crippen LogP contribution in [0.15, 0.2) is 48.5 Å². The van der Waals surface area contributed by atoms with Gasteiger partial charge in [0.2, 0.25) is 0 Å². The number of aryl methyl sites for hydroxylation is 1. The number of fused-ring (bicyclic) bond motifs is 2. The molecule has 2 aliphatic heterocycles. The van der Waals surface area contributed by atoms with E-state index in [4.69, 9.17) is 0 Å². The third-order valence-corrected chi connectivity index (χ3v) is 7.83. The summed E-state index contributed by atoms with van der Waals surface area (Å²) >= 11 is 0. The lowest BCUT2D eigenvalue weighted by molar-refractivity contribution is -0.173. The Kier molecular flexibility index (Phi) is 5.76. The van der Waals surface area contributed by atoms with Crippen LogP contribution in [0, 0.1) is 13.8 Å². The Morgan fingerprint density at radius 2 is 1.23 bits per heavy atom. The lowest BCUT2D eigenvalue weighted by atomic mass is 9.74. The van der Waals surface area contributed by atoms with Crippen molar-refractivity contribution in [1.29, 1.82) is 0 Å². The van der Waals surface area contributed by atoms with Gasteiger partial charge in [0.15, 0.2) is 0 Å². The van der Waals surface area contributed by atoms with Crippen LogP contribution in [0.4, 0.5) is 18.9 Å². The zero-order valence-electron chi connectivity index (χ0n) is 21.6. The fraction of sp³-hybridized carbons (Fsp3) is 0.207. The molecule has 0 bridgehead atoms. The van der Waals surface area contributed by atoms with E-state index in [0.29, 0.717) is 11.1 Å². The number of carboxylic acids is 1. The molecule has 1 unspecified atom stereocenters. The second kappa shape index (κ2) is 8.60. The van der Waals surface area contributed by atoms with Crippen molar-refractivity contribution < 1.29 is 42.3 Å². The Balaban J connectivity index is 1.65. The largest absolute Gasteiger partial charge is 0.478 e. The number of hydrogen-bond acceptors (Lipinski definition) is 5. The van der Waals surface area contributed by atoms with Gasteiger partial charge in [0.1, 0.15) is 5.41 Å². The van der Waals surface area contributed by atoms with Gasteiger partial charge in [0.25, 0.3) is 23.6 Å². The van der Waals surface area contributed by atoms with Gasteiger partial charge in [-0.15, -0.1) is 0 Å². The van der Waals surface area contributed by atoms with Crippen molar-refractivity contribution in [3.63, 3.8) is 0 Å². The minimum Gasteiger partial charge on any atom is -0.478 e. The number of hydrogen-bond donors (Lipinski definition) is 1. The van der Waals surface area contributed by atoms with Gasteiger partial charge in [-0.1, -0.05) is 12.1 Å². The third kappa shape index (κ3) is 3.57. The Morgan fingerprint density at radius 3 is 1.75 bits per heavy atom. The summed E-state index contributed by atoms with van der Waals surface area (Å²) in [5.41, 5.74) is -3.17. The summed E-state index contributed by atoms with van der Waals surface area (Å²) in [6.07, 6.45) is -4.91. The van der Waals surface area contributed by atoms with Crippen LogP contribution in [0.5, 0.6) is 0 Å². The topological polar surface area (TPSA) is 112 Å². The van der Waals surface area contributed by atoms with Crippen molar-refractivity contribution in [3.8, 4) is 0 Å². The number of amides is 4. The Morgan fingerprint density at radius 1 is 0.750 bits per heavy atom. The molecule has 8 nitrogen and oxygen atoms in total. The van der Waals surface area contributed by atoms with Crippen LogP contribution in [0.1, 0.15) is 81.0 Å². The standard InChI is InChI=1S/C29H21F3N2O6/c1-13-9-15(27(39)40)10-22(14(13)2)34-25(37)19-8-6-17(12-21(19)26(34)38)28(3,29(30,31)32)16-5-7-18-20(11-16)24(36)33(4)23(18)35/h5-12H,1-4H3,(H,39,40). The van der Waals surface area contributed by atoms with Crippen molar-refractivity contribution in [2.24, 2.45) is 0 Å². The fourth-order valence-corrected chi connectivity index (χ4v) is 5.13. The van der Waals surface area contributed by atoms with E-state index in [1.54, 1.807) is 13.8 Å². The number of carbonyl (C=O) groups excluding carboxylic acids is 4. The zero-order valence-corrected chi connectivity index (χ0v) is 21.6. The first kappa shape index (κ1) is 26.8. The van der Waals surface area contributed by atoms with E-state index in [-0.39, 0.29) is 44.6 Å². The minimum absolute atomic E-state index is 0.0135. The molecule has 0 saturated heterocycles. The smallest absolute Gasteiger partial charge is 0.402 e. The van der Waals surface area contributed by atoms with E-state index in [1.165, 1.54) is 25.2 Å². The molecular formula is C29H21F3N2O6. The van der Waals surface area contributed by atoms with Crippen LogP contribution >= 0.6 is 0 Å². The Bertz CT molecular complexity index is 1710. The number of carboxylic acid groups (broad SMARTS) is 1. The molecule has 2 aliphatic rings.